The van der Waals surface area contributed by atoms with Crippen LogP contribution in [0.15, 0.2) is 29.2 Å². The first-order chi connectivity index (χ1) is 5.56. The maximum atomic E-state index is 8.99. The summed E-state index contributed by atoms with van der Waals surface area (Å²) in [6, 6.07) is 7.49. The second-order valence-electron chi connectivity index (χ2n) is 3.13. The summed E-state index contributed by atoms with van der Waals surface area (Å²) in [6.45, 7) is 1.72. The van der Waals surface area contributed by atoms with Crippen LogP contribution >= 0.6 is 12.6 Å². The summed E-state index contributed by atoms with van der Waals surface area (Å²) in [4.78, 5) is 0.859. The molecular weight excluding hydrogens is 170 g/mol. The highest BCUT2D eigenvalue weighted by Crippen LogP contribution is 2.19. The van der Waals surface area contributed by atoms with Crippen molar-refractivity contribution in [3.63, 3.8) is 0 Å². The highest BCUT2D eigenvalue weighted by atomic mass is 32.1. The lowest BCUT2D eigenvalue weighted by molar-refractivity contribution is 0.210. The number of nitrogens with two attached hydrogens (primary N) is 1. The molecule has 0 spiro atoms. The van der Waals surface area contributed by atoms with Crippen LogP contribution in [0.5, 0.6) is 0 Å². The van der Waals surface area contributed by atoms with E-state index in [-0.39, 0.29) is 6.61 Å². The molecule has 1 atom stereocenters. The van der Waals surface area contributed by atoms with Crippen LogP contribution in [0.4, 0.5) is 0 Å². The summed E-state index contributed by atoms with van der Waals surface area (Å²) in [5, 5.41) is 8.99. The minimum Gasteiger partial charge on any atom is -0.394 e. The van der Waals surface area contributed by atoms with Gasteiger partial charge in [0.2, 0.25) is 0 Å². The molecule has 0 saturated heterocycles. The minimum absolute atomic E-state index is 0.0652. The first kappa shape index (κ1) is 9.58. The van der Waals surface area contributed by atoms with E-state index in [0.717, 1.165) is 10.5 Å². The third-order valence-electron chi connectivity index (χ3n) is 1.83. The lowest BCUT2D eigenvalue weighted by Gasteiger charge is -2.22. The van der Waals surface area contributed by atoms with Crippen molar-refractivity contribution in [2.24, 2.45) is 5.73 Å². The van der Waals surface area contributed by atoms with E-state index in [1.54, 1.807) is 6.92 Å². The second kappa shape index (κ2) is 3.47. The van der Waals surface area contributed by atoms with Crippen LogP contribution in [0.1, 0.15) is 12.5 Å². The molecule has 12 heavy (non-hydrogen) atoms. The number of aliphatic hydroxyl groups excluding tert-OH is 1. The fraction of sp³-hybridized carbons (Fsp3) is 0.333. The van der Waals surface area contributed by atoms with E-state index in [1.807, 2.05) is 24.3 Å². The first-order valence-corrected chi connectivity index (χ1v) is 4.20. The summed E-state index contributed by atoms with van der Waals surface area (Å²) in [5.74, 6) is 0. The Labute approximate surface area is 77.8 Å². The predicted molar refractivity (Wildman–Crippen MR) is 52.3 cm³/mol. The molecule has 66 valence electrons. The number of rotatable bonds is 2. The predicted octanol–water partition coefficient (Wildman–Crippen LogP) is 1.14. The van der Waals surface area contributed by atoms with Crippen LogP contribution in [0.25, 0.3) is 0 Å². The Morgan fingerprint density at radius 3 is 2.75 bits per heavy atom. The van der Waals surface area contributed by atoms with Crippen LogP contribution in [-0.2, 0) is 5.54 Å². The van der Waals surface area contributed by atoms with Gasteiger partial charge in [-0.3, -0.25) is 0 Å². The van der Waals surface area contributed by atoms with Gasteiger partial charge in [-0.2, -0.15) is 0 Å². The molecule has 0 fully saturated rings. The van der Waals surface area contributed by atoms with Gasteiger partial charge in [-0.05, 0) is 24.6 Å². The molecule has 0 heterocycles. The van der Waals surface area contributed by atoms with Gasteiger partial charge in [0.25, 0.3) is 0 Å². The van der Waals surface area contributed by atoms with Crippen molar-refractivity contribution >= 4 is 12.6 Å². The molecule has 0 amide bonds. The molecule has 0 bridgehead atoms. The van der Waals surface area contributed by atoms with Gasteiger partial charge in [0, 0.05) is 4.90 Å². The van der Waals surface area contributed by atoms with Gasteiger partial charge < -0.3 is 10.8 Å². The molecule has 1 aromatic carbocycles. The van der Waals surface area contributed by atoms with E-state index in [4.69, 9.17) is 10.8 Å². The fourth-order valence-electron chi connectivity index (χ4n) is 0.952. The summed E-state index contributed by atoms with van der Waals surface area (Å²) in [5.41, 5.74) is 6.05. The number of thiol groups is 1. The Kier molecular flexibility index (Phi) is 2.77. The third-order valence-corrected chi connectivity index (χ3v) is 2.11. The molecule has 0 radical (unpaired) electrons. The third kappa shape index (κ3) is 2.00. The van der Waals surface area contributed by atoms with Crippen LogP contribution in [0.2, 0.25) is 0 Å². The molecule has 0 aliphatic carbocycles. The average Bonchev–Trinajstić information content (AvgIpc) is 2.05. The fourth-order valence-corrected chi connectivity index (χ4v) is 1.18. The quantitative estimate of drug-likeness (QED) is 0.602. The molecule has 1 unspecified atom stereocenters. The topological polar surface area (TPSA) is 46.2 Å². The van der Waals surface area contributed by atoms with E-state index < -0.39 is 5.54 Å². The Bertz CT molecular complexity index is 273. The lowest BCUT2D eigenvalue weighted by atomic mass is 9.94. The zero-order valence-electron chi connectivity index (χ0n) is 6.99. The molecule has 2 nitrogen and oxygen atoms in total. The van der Waals surface area contributed by atoms with Gasteiger partial charge in [0.05, 0.1) is 12.1 Å². The van der Waals surface area contributed by atoms with Crippen LogP contribution in [0, 0.1) is 0 Å². The van der Waals surface area contributed by atoms with Gasteiger partial charge in [0.1, 0.15) is 0 Å². The maximum Gasteiger partial charge on any atom is 0.0650 e. The SMILES string of the molecule is CC(N)(CO)c1cccc(S)c1. The van der Waals surface area contributed by atoms with E-state index in [0.29, 0.717) is 0 Å². The molecule has 1 aromatic rings. The Morgan fingerprint density at radius 2 is 2.25 bits per heavy atom. The number of benzene rings is 1. The van der Waals surface area contributed by atoms with Gasteiger partial charge in [0.15, 0.2) is 0 Å². The van der Waals surface area contributed by atoms with Crippen molar-refractivity contribution in [3.8, 4) is 0 Å². The lowest BCUT2D eigenvalue weighted by Crippen LogP contribution is -2.36. The number of hydrogen-bond donors (Lipinski definition) is 3. The highest BCUT2D eigenvalue weighted by Gasteiger charge is 2.19. The van der Waals surface area contributed by atoms with E-state index >= 15 is 0 Å². The van der Waals surface area contributed by atoms with E-state index in [1.165, 1.54) is 0 Å². The van der Waals surface area contributed by atoms with Gasteiger partial charge in [-0.1, -0.05) is 12.1 Å². The zero-order valence-corrected chi connectivity index (χ0v) is 7.88. The number of hydrogen-bond acceptors (Lipinski definition) is 3. The molecule has 1 rings (SSSR count). The van der Waals surface area contributed by atoms with Crippen molar-refractivity contribution < 1.29 is 5.11 Å². The second-order valence-corrected chi connectivity index (χ2v) is 3.64. The molecule has 0 aliphatic rings. The first-order valence-electron chi connectivity index (χ1n) is 3.75. The van der Waals surface area contributed by atoms with E-state index in [2.05, 4.69) is 12.6 Å². The smallest absolute Gasteiger partial charge is 0.0650 e. The zero-order chi connectivity index (χ0) is 9.19. The van der Waals surface area contributed by atoms with E-state index in [9.17, 15) is 0 Å². The Balaban J connectivity index is 3.03. The Morgan fingerprint density at radius 1 is 1.58 bits per heavy atom. The van der Waals surface area contributed by atoms with Crippen LogP contribution < -0.4 is 5.73 Å². The molecule has 0 saturated carbocycles. The minimum atomic E-state index is -0.668. The summed E-state index contributed by atoms with van der Waals surface area (Å²) < 4.78 is 0. The average molecular weight is 183 g/mol. The largest absolute Gasteiger partial charge is 0.394 e. The van der Waals surface area contributed by atoms with Crippen molar-refractivity contribution in [2.75, 3.05) is 6.61 Å². The van der Waals surface area contributed by atoms with Gasteiger partial charge >= 0.3 is 0 Å². The maximum absolute atomic E-state index is 8.99. The monoisotopic (exact) mass is 183 g/mol. The van der Waals surface area contributed by atoms with Crippen LogP contribution in [0.3, 0.4) is 0 Å². The van der Waals surface area contributed by atoms with Gasteiger partial charge in [-0.25, -0.2) is 0 Å². The van der Waals surface area contributed by atoms with Gasteiger partial charge in [-0.15, -0.1) is 12.6 Å². The Hall–Kier alpha value is -0.510. The molecule has 3 N–H and O–H groups in total. The molecule has 0 aliphatic heterocycles. The molecular formula is C9H13NOS. The van der Waals surface area contributed by atoms with Crippen molar-refractivity contribution in [3.05, 3.63) is 29.8 Å². The van der Waals surface area contributed by atoms with Crippen LogP contribution in [-0.4, -0.2) is 11.7 Å². The summed E-state index contributed by atoms with van der Waals surface area (Å²) >= 11 is 4.19. The number of aliphatic hydroxyl groups is 1. The summed E-state index contributed by atoms with van der Waals surface area (Å²) in [7, 11) is 0. The molecule has 0 aromatic heterocycles. The summed E-state index contributed by atoms with van der Waals surface area (Å²) in [6.07, 6.45) is 0. The normalized spacial score (nSPS) is 15.7. The van der Waals surface area contributed by atoms with Crippen molar-refractivity contribution in [1.29, 1.82) is 0 Å². The standard InChI is InChI=1S/C9H13NOS/c1-9(10,6-11)7-3-2-4-8(12)5-7/h2-5,11-12H,6,10H2,1H3. The van der Waals surface area contributed by atoms with Crippen molar-refractivity contribution in [1.82, 2.24) is 0 Å². The van der Waals surface area contributed by atoms with Crippen molar-refractivity contribution in [2.45, 2.75) is 17.4 Å². The molecule has 3 heteroatoms. The highest BCUT2D eigenvalue weighted by molar-refractivity contribution is 7.80.